The third-order valence-corrected chi connectivity index (χ3v) is 5.58. The van der Waals surface area contributed by atoms with Crippen molar-refractivity contribution < 1.29 is 9.90 Å². The first-order valence-electron chi connectivity index (χ1n) is 9.30. The van der Waals surface area contributed by atoms with E-state index in [2.05, 4.69) is 10.2 Å². The lowest BCUT2D eigenvalue weighted by Gasteiger charge is -2.38. The zero-order valence-electron chi connectivity index (χ0n) is 15.3. The molecule has 2 aliphatic rings. The van der Waals surface area contributed by atoms with E-state index < -0.39 is 0 Å². The number of carbonyl (C=O) groups is 1. The summed E-state index contributed by atoms with van der Waals surface area (Å²) in [6.45, 7) is 6.33. The molecule has 5 heteroatoms. The van der Waals surface area contributed by atoms with E-state index in [1.165, 1.54) is 12.8 Å². The Labute approximate surface area is 157 Å². The van der Waals surface area contributed by atoms with Gasteiger partial charge in [0.15, 0.2) is 0 Å². The Morgan fingerprint density at radius 2 is 1.88 bits per heavy atom. The van der Waals surface area contributed by atoms with Gasteiger partial charge in [-0.05, 0) is 75.5 Å². The van der Waals surface area contributed by atoms with E-state index in [-0.39, 0.29) is 31.0 Å². The molecule has 1 saturated heterocycles. The van der Waals surface area contributed by atoms with E-state index in [9.17, 15) is 9.90 Å². The van der Waals surface area contributed by atoms with Crippen molar-refractivity contribution in [2.75, 3.05) is 25.0 Å². The maximum atomic E-state index is 13.0. The van der Waals surface area contributed by atoms with Gasteiger partial charge < -0.3 is 10.4 Å². The number of carbonyl (C=O) groups excluding carboxylic acids is 1. The van der Waals surface area contributed by atoms with Gasteiger partial charge in [-0.1, -0.05) is 18.2 Å². The smallest absolute Gasteiger partial charge is 0.241 e. The van der Waals surface area contributed by atoms with Crippen molar-refractivity contribution >= 4 is 24.0 Å². The van der Waals surface area contributed by atoms with Gasteiger partial charge in [-0.3, -0.25) is 9.69 Å². The van der Waals surface area contributed by atoms with Crippen LogP contribution in [0.2, 0.25) is 0 Å². The number of hydrogen-bond donors (Lipinski definition) is 2. The summed E-state index contributed by atoms with van der Waals surface area (Å²) in [5.74, 6) is 1.37. The number of anilines is 1. The lowest BCUT2D eigenvalue weighted by Crippen LogP contribution is -2.50. The van der Waals surface area contributed by atoms with Crippen LogP contribution >= 0.6 is 12.4 Å². The molecular formula is C20H31ClN2O2. The van der Waals surface area contributed by atoms with Crippen molar-refractivity contribution in [3.05, 3.63) is 29.3 Å². The summed E-state index contributed by atoms with van der Waals surface area (Å²) in [4.78, 5) is 15.4. The molecule has 0 unspecified atom stereocenters. The maximum Gasteiger partial charge on any atom is 0.241 e. The number of likely N-dealkylation sites (tertiary alicyclic amines) is 1. The Morgan fingerprint density at radius 1 is 1.20 bits per heavy atom. The molecule has 0 radical (unpaired) electrons. The zero-order valence-corrected chi connectivity index (χ0v) is 16.1. The van der Waals surface area contributed by atoms with Crippen LogP contribution in [0.15, 0.2) is 18.2 Å². The number of nitrogens with one attached hydrogen (secondary N) is 1. The Bertz CT molecular complexity index is 569. The molecule has 1 aliphatic heterocycles. The highest BCUT2D eigenvalue weighted by Crippen LogP contribution is 2.34. The minimum atomic E-state index is -0.0603. The van der Waals surface area contributed by atoms with Gasteiger partial charge in [-0.25, -0.2) is 0 Å². The first kappa shape index (κ1) is 20.2. The van der Waals surface area contributed by atoms with Crippen molar-refractivity contribution in [3.8, 4) is 0 Å². The average Bonchev–Trinajstić information content (AvgIpc) is 3.36. The molecular weight excluding hydrogens is 336 g/mol. The van der Waals surface area contributed by atoms with E-state index in [1.54, 1.807) is 0 Å². The van der Waals surface area contributed by atoms with Crippen molar-refractivity contribution in [2.45, 2.75) is 52.0 Å². The Hall–Kier alpha value is -1.10. The molecule has 25 heavy (non-hydrogen) atoms. The molecule has 140 valence electrons. The molecule has 4 nitrogen and oxygen atoms in total. The molecule has 0 bridgehead atoms. The predicted octanol–water partition coefficient (Wildman–Crippen LogP) is 3.54. The fraction of sp³-hybridized carbons (Fsp3) is 0.650. The molecule has 0 spiro atoms. The molecule has 2 atom stereocenters. The predicted molar refractivity (Wildman–Crippen MR) is 104 cm³/mol. The Balaban J connectivity index is 0.00000225. The van der Waals surface area contributed by atoms with Crippen LogP contribution in [0.4, 0.5) is 5.69 Å². The lowest BCUT2D eigenvalue weighted by atomic mass is 9.87. The number of nitrogens with zero attached hydrogens (tertiary/aromatic N) is 1. The molecule has 2 N–H and O–H groups in total. The summed E-state index contributed by atoms with van der Waals surface area (Å²) < 4.78 is 0. The molecule has 1 saturated carbocycles. The van der Waals surface area contributed by atoms with Crippen molar-refractivity contribution in [3.63, 3.8) is 0 Å². The van der Waals surface area contributed by atoms with Crippen molar-refractivity contribution in [2.24, 2.45) is 11.8 Å². The third-order valence-electron chi connectivity index (χ3n) is 5.58. The molecule has 1 amide bonds. The van der Waals surface area contributed by atoms with Crippen molar-refractivity contribution in [1.82, 2.24) is 4.90 Å². The van der Waals surface area contributed by atoms with Gasteiger partial charge in [0, 0.05) is 18.8 Å². The highest BCUT2D eigenvalue weighted by atomic mass is 35.5. The van der Waals surface area contributed by atoms with Crippen LogP contribution in [0.1, 0.15) is 43.2 Å². The van der Waals surface area contributed by atoms with Gasteiger partial charge in [-0.15, -0.1) is 12.4 Å². The van der Waals surface area contributed by atoms with E-state index in [0.717, 1.165) is 55.1 Å². The highest BCUT2D eigenvalue weighted by Gasteiger charge is 2.36. The number of halogens is 1. The molecule has 1 aliphatic carbocycles. The van der Waals surface area contributed by atoms with Gasteiger partial charge in [0.2, 0.25) is 5.91 Å². The maximum absolute atomic E-state index is 13.0. The highest BCUT2D eigenvalue weighted by molar-refractivity contribution is 5.96. The number of para-hydroxylation sites is 1. The standard InChI is InChI=1S/C20H30N2O2.ClH/c1-14-4-3-5-15(2)19(14)21-20(24)18-12-16(9-11-23)8-10-22(18)13-17-6-7-17;/h3-5,16-18,23H,6-13H2,1-2H3,(H,21,24);1H/t16-,18-;/m0./s1. The van der Waals surface area contributed by atoms with Crippen LogP contribution in [0.3, 0.4) is 0 Å². The number of benzene rings is 1. The largest absolute Gasteiger partial charge is 0.396 e. The summed E-state index contributed by atoms with van der Waals surface area (Å²) in [5, 5.41) is 12.4. The van der Waals surface area contributed by atoms with Crippen LogP contribution < -0.4 is 5.32 Å². The summed E-state index contributed by atoms with van der Waals surface area (Å²) in [5.41, 5.74) is 3.18. The van der Waals surface area contributed by atoms with Crippen LogP contribution in [0.25, 0.3) is 0 Å². The first-order valence-corrected chi connectivity index (χ1v) is 9.30. The molecule has 2 fully saturated rings. The first-order chi connectivity index (χ1) is 11.6. The van der Waals surface area contributed by atoms with E-state index in [4.69, 9.17) is 0 Å². The fourth-order valence-electron chi connectivity index (χ4n) is 3.87. The van der Waals surface area contributed by atoms with Gasteiger partial charge >= 0.3 is 0 Å². The van der Waals surface area contributed by atoms with Gasteiger partial charge in [-0.2, -0.15) is 0 Å². The van der Waals surface area contributed by atoms with Gasteiger partial charge in [0.25, 0.3) is 0 Å². The van der Waals surface area contributed by atoms with E-state index in [0.29, 0.717) is 5.92 Å². The number of piperidine rings is 1. The molecule has 1 aromatic carbocycles. The molecule has 1 heterocycles. The number of rotatable bonds is 6. The number of aliphatic hydroxyl groups is 1. The summed E-state index contributed by atoms with van der Waals surface area (Å²) >= 11 is 0. The fourth-order valence-corrected chi connectivity index (χ4v) is 3.87. The van der Waals surface area contributed by atoms with Crippen LogP contribution in [0, 0.1) is 25.7 Å². The van der Waals surface area contributed by atoms with Gasteiger partial charge in [0.1, 0.15) is 0 Å². The van der Waals surface area contributed by atoms with Crippen LogP contribution in [-0.2, 0) is 4.79 Å². The minimum absolute atomic E-state index is 0. The third kappa shape index (κ3) is 5.19. The summed E-state index contributed by atoms with van der Waals surface area (Å²) in [7, 11) is 0. The van der Waals surface area contributed by atoms with E-state index in [1.807, 2.05) is 32.0 Å². The Morgan fingerprint density at radius 3 is 2.48 bits per heavy atom. The van der Waals surface area contributed by atoms with Crippen LogP contribution in [0.5, 0.6) is 0 Å². The molecule has 3 rings (SSSR count). The minimum Gasteiger partial charge on any atom is -0.396 e. The topological polar surface area (TPSA) is 52.6 Å². The number of hydrogen-bond acceptors (Lipinski definition) is 3. The zero-order chi connectivity index (χ0) is 17.1. The quantitative estimate of drug-likeness (QED) is 0.809. The Kier molecular flexibility index (Phi) is 7.29. The van der Waals surface area contributed by atoms with Crippen molar-refractivity contribution in [1.29, 1.82) is 0 Å². The number of aliphatic hydroxyl groups excluding tert-OH is 1. The SMILES string of the molecule is Cc1cccc(C)c1NC(=O)[C@@H]1C[C@H](CCO)CCN1CC1CC1.Cl. The monoisotopic (exact) mass is 366 g/mol. The average molecular weight is 367 g/mol. The lowest BCUT2D eigenvalue weighted by molar-refractivity contribution is -0.123. The summed E-state index contributed by atoms with van der Waals surface area (Å²) in [6.07, 6.45) is 5.39. The number of aryl methyl sites for hydroxylation is 2. The molecule has 0 aromatic heterocycles. The number of amides is 1. The normalized spacial score (nSPS) is 23.8. The van der Waals surface area contributed by atoms with Crippen LogP contribution in [-0.4, -0.2) is 41.7 Å². The second kappa shape index (κ2) is 9.02. The second-order valence-corrected chi connectivity index (χ2v) is 7.61. The summed E-state index contributed by atoms with van der Waals surface area (Å²) in [6, 6.07) is 6.05. The van der Waals surface area contributed by atoms with Gasteiger partial charge in [0.05, 0.1) is 6.04 Å². The molecule has 1 aromatic rings. The second-order valence-electron chi connectivity index (χ2n) is 7.61. The van der Waals surface area contributed by atoms with E-state index >= 15 is 0 Å².